The maximum absolute atomic E-state index is 12.8. The first-order chi connectivity index (χ1) is 10.2. The maximum atomic E-state index is 12.8. The number of rotatable bonds is 1. The summed E-state index contributed by atoms with van der Waals surface area (Å²) in [5.74, 6) is 0.857. The number of carbonyl (C=O) groups is 1. The molecule has 0 spiro atoms. The molecule has 2 aliphatic heterocycles. The van der Waals surface area contributed by atoms with Gasteiger partial charge in [0.15, 0.2) is 0 Å². The van der Waals surface area contributed by atoms with Crippen LogP contribution in [0.15, 0.2) is 29.3 Å². The molecule has 4 rings (SSSR count). The van der Waals surface area contributed by atoms with Gasteiger partial charge in [0, 0.05) is 11.1 Å². The van der Waals surface area contributed by atoms with E-state index in [1.54, 1.807) is 23.1 Å². The molecule has 1 aromatic rings. The molecule has 106 valence electrons. The number of hydrogen-bond donors (Lipinski definition) is 0. The molecule has 21 heavy (non-hydrogen) atoms. The zero-order valence-corrected chi connectivity index (χ0v) is 12.0. The third-order valence-electron chi connectivity index (χ3n) is 4.71. The van der Waals surface area contributed by atoms with Crippen molar-refractivity contribution in [2.24, 2.45) is 10.9 Å². The lowest BCUT2D eigenvalue weighted by molar-refractivity contribution is -0.120. The number of guanidine groups is 1. The second-order valence-corrected chi connectivity index (χ2v) is 6.18. The molecule has 5 nitrogen and oxygen atoms in total. The number of aliphatic imine (C=N–C) groups is 1. The summed E-state index contributed by atoms with van der Waals surface area (Å²) in [6, 6.07) is 7.29. The minimum atomic E-state index is -0.158. The molecule has 1 amide bonds. The van der Waals surface area contributed by atoms with E-state index in [-0.39, 0.29) is 11.9 Å². The van der Waals surface area contributed by atoms with Crippen LogP contribution in [0.2, 0.25) is 5.02 Å². The SMILES string of the molecule is N#CN=C1N(c2cccc(Cl)c2)C(=O)[C@@H]2C3CCC(C3)N12. The van der Waals surface area contributed by atoms with Crippen molar-refractivity contribution >= 4 is 29.2 Å². The summed E-state index contributed by atoms with van der Waals surface area (Å²) in [6.45, 7) is 0. The Balaban J connectivity index is 1.82. The number of benzene rings is 1. The van der Waals surface area contributed by atoms with Gasteiger partial charge in [0.25, 0.3) is 5.91 Å². The quantitative estimate of drug-likeness (QED) is 0.748. The van der Waals surface area contributed by atoms with Crippen LogP contribution in [-0.2, 0) is 4.79 Å². The normalized spacial score (nSPS) is 31.9. The van der Waals surface area contributed by atoms with Gasteiger partial charge in [0.2, 0.25) is 12.2 Å². The number of hydrogen-bond acceptors (Lipinski definition) is 3. The highest BCUT2D eigenvalue weighted by molar-refractivity contribution is 6.31. The van der Waals surface area contributed by atoms with E-state index in [1.165, 1.54) is 0 Å². The number of carbonyl (C=O) groups excluding carboxylic acids is 1. The Bertz CT molecular complexity index is 695. The highest BCUT2D eigenvalue weighted by atomic mass is 35.5. The Morgan fingerprint density at radius 2 is 2.24 bits per heavy atom. The highest BCUT2D eigenvalue weighted by Crippen LogP contribution is 2.47. The van der Waals surface area contributed by atoms with Crippen LogP contribution < -0.4 is 4.90 Å². The molecule has 2 saturated heterocycles. The Labute approximate surface area is 127 Å². The molecule has 1 aromatic carbocycles. The van der Waals surface area contributed by atoms with E-state index in [2.05, 4.69) is 4.99 Å². The van der Waals surface area contributed by atoms with Gasteiger partial charge in [-0.25, -0.2) is 4.90 Å². The highest BCUT2D eigenvalue weighted by Gasteiger charge is 2.58. The van der Waals surface area contributed by atoms with E-state index >= 15 is 0 Å². The smallest absolute Gasteiger partial charge is 0.257 e. The Morgan fingerprint density at radius 1 is 1.38 bits per heavy atom. The van der Waals surface area contributed by atoms with Crippen molar-refractivity contribution in [1.82, 2.24) is 4.90 Å². The number of nitriles is 1. The monoisotopic (exact) mass is 300 g/mol. The number of piperidine rings is 1. The van der Waals surface area contributed by atoms with Crippen molar-refractivity contribution in [3.8, 4) is 6.19 Å². The van der Waals surface area contributed by atoms with Crippen LogP contribution in [0.3, 0.4) is 0 Å². The van der Waals surface area contributed by atoms with E-state index in [0.717, 1.165) is 19.3 Å². The minimum absolute atomic E-state index is 0.0125. The number of nitrogens with zero attached hydrogens (tertiary/aromatic N) is 4. The molecule has 2 unspecified atom stereocenters. The van der Waals surface area contributed by atoms with Gasteiger partial charge < -0.3 is 4.90 Å². The third kappa shape index (κ3) is 1.69. The first-order valence-corrected chi connectivity index (χ1v) is 7.43. The van der Waals surface area contributed by atoms with Gasteiger partial charge in [-0.2, -0.15) is 5.26 Å². The fraction of sp³-hybridized carbons (Fsp3) is 0.400. The average Bonchev–Trinajstić information content (AvgIpc) is 3.13. The summed E-state index contributed by atoms with van der Waals surface area (Å²) in [7, 11) is 0. The summed E-state index contributed by atoms with van der Waals surface area (Å²) in [6.07, 6.45) is 5.02. The van der Waals surface area contributed by atoms with Gasteiger partial charge in [0.1, 0.15) is 6.04 Å². The van der Waals surface area contributed by atoms with Crippen LogP contribution in [-0.4, -0.2) is 28.9 Å². The van der Waals surface area contributed by atoms with Crippen molar-refractivity contribution in [2.45, 2.75) is 31.3 Å². The van der Waals surface area contributed by atoms with Gasteiger partial charge >= 0.3 is 0 Å². The molecular weight excluding hydrogens is 288 g/mol. The van der Waals surface area contributed by atoms with Gasteiger partial charge in [-0.3, -0.25) is 4.79 Å². The Morgan fingerprint density at radius 3 is 3.00 bits per heavy atom. The predicted molar refractivity (Wildman–Crippen MR) is 78.7 cm³/mol. The van der Waals surface area contributed by atoms with Crippen molar-refractivity contribution in [2.75, 3.05) is 4.90 Å². The fourth-order valence-corrected chi connectivity index (χ4v) is 4.13. The Hall–Kier alpha value is -2.06. The van der Waals surface area contributed by atoms with Gasteiger partial charge in [-0.15, -0.1) is 4.99 Å². The molecule has 3 fully saturated rings. The third-order valence-corrected chi connectivity index (χ3v) is 4.94. The van der Waals surface area contributed by atoms with E-state index < -0.39 is 0 Å². The van der Waals surface area contributed by atoms with Crippen LogP contribution in [0.25, 0.3) is 0 Å². The topological polar surface area (TPSA) is 59.7 Å². The van der Waals surface area contributed by atoms with Crippen LogP contribution >= 0.6 is 11.6 Å². The molecule has 1 saturated carbocycles. The number of anilines is 1. The molecule has 0 radical (unpaired) electrons. The van der Waals surface area contributed by atoms with Crippen LogP contribution in [0.1, 0.15) is 19.3 Å². The van der Waals surface area contributed by atoms with Gasteiger partial charge in [-0.05, 0) is 43.4 Å². The van der Waals surface area contributed by atoms with Crippen LogP contribution in [0.5, 0.6) is 0 Å². The lowest BCUT2D eigenvalue weighted by Gasteiger charge is -2.28. The average molecular weight is 301 g/mol. The fourth-order valence-electron chi connectivity index (χ4n) is 3.95. The summed E-state index contributed by atoms with van der Waals surface area (Å²) in [4.78, 5) is 20.3. The lowest BCUT2D eigenvalue weighted by atomic mass is 9.99. The molecule has 6 heteroatoms. The molecule has 3 atom stereocenters. The molecule has 2 bridgehead atoms. The van der Waals surface area contributed by atoms with Crippen molar-refractivity contribution < 1.29 is 4.79 Å². The van der Waals surface area contributed by atoms with E-state index in [9.17, 15) is 4.79 Å². The molecule has 2 heterocycles. The summed E-state index contributed by atoms with van der Waals surface area (Å²) >= 11 is 6.03. The number of fused-ring (bicyclic) bond motifs is 5. The molecule has 3 aliphatic rings. The molecule has 1 aliphatic carbocycles. The molecular formula is C15H13ClN4O. The summed E-state index contributed by atoms with van der Waals surface area (Å²) in [5, 5.41) is 9.56. The second-order valence-electron chi connectivity index (χ2n) is 5.74. The summed E-state index contributed by atoms with van der Waals surface area (Å²) < 4.78 is 0. The minimum Gasteiger partial charge on any atom is -0.326 e. The summed E-state index contributed by atoms with van der Waals surface area (Å²) in [5.41, 5.74) is 0.676. The first kappa shape index (κ1) is 12.7. The number of amides is 1. The zero-order valence-electron chi connectivity index (χ0n) is 11.2. The van der Waals surface area contributed by atoms with Crippen LogP contribution in [0.4, 0.5) is 5.69 Å². The van der Waals surface area contributed by atoms with Crippen molar-refractivity contribution in [3.05, 3.63) is 29.3 Å². The van der Waals surface area contributed by atoms with Gasteiger partial charge in [0.05, 0.1) is 5.69 Å². The maximum Gasteiger partial charge on any atom is 0.257 e. The lowest BCUT2D eigenvalue weighted by Crippen LogP contribution is -2.41. The van der Waals surface area contributed by atoms with E-state index in [0.29, 0.717) is 28.6 Å². The molecule has 0 aromatic heterocycles. The second kappa shape index (κ2) is 4.47. The first-order valence-electron chi connectivity index (χ1n) is 7.05. The standard InChI is InChI=1S/C15H13ClN4O/c16-10-2-1-3-11(7-10)20-14(21)13-9-4-5-12(6-9)19(13)15(20)18-8-17/h1-3,7,9,12-13H,4-6H2/t9?,12?,13-/m0/s1. The number of halogens is 1. The zero-order chi connectivity index (χ0) is 14.6. The van der Waals surface area contributed by atoms with E-state index in [1.807, 2.05) is 17.2 Å². The molecule has 0 N–H and O–H groups in total. The van der Waals surface area contributed by atoms with Gasteiger partial charge in [-0.1, -0.05) is 17.7 Å². The Kier molecular flexibility index (Phi) is 2.69. The van der Waals surface area contributed by atoms with E-state index in [4.69, 9.17) is 16.9 Å². The van der Waals surface area contributed by atoms with Crippen molar-refractivity contribution in [1.29, 1.82) is 5.26 Å². The predicted octanol–water partition coefficient (Wildman–Crippen LogP) is 2.38. The largest absolute Gasteiger partial charge is 0.326 e. The van der Waals surface area contributed by atoms with Crippen LogP contribution in [0, 0.1) is 17.4 Å². The van der Waals surface area contributed by atoms with Crippen molar-refractivity contribution in [3.63, 3.8) is 0 Å².